The first-order valence-corrected chi connectivity index (χ1v) is 9.64. The fourth-order valence-corrected chi connectivity index (χ4v) is 3.41. The van der Waals surface area contributed by atoms with E-state index in [4.69, 9.17) is 0 Å². The molecular weight excluding hydrogens is 354 g/mol. The topological polar surface area (TPSA) is 81.7 Å². The second-order valence-electron chi connectivity index (χ2n) is 7.35. The van der Waals surface area contributed by atoms with E-state index >= 15 is 0 Å². The zero-order valence-electron chi connectivity index (χ0n) is 16.3. The summed E-state index contributed by atoms with van der Waals surface area (Å²) in [6.07, 6.45) is 1.36. The predicted molar refractivity (Wildman–Crippen MR) is 110 cm³/mol. The molecule has 6 nitrogen and oxygen atoms in total. The molecular formula is C22H27N3O3. The molecule has 0 unspecified atom stereocenters. The molecule has 1 aliphatic rings. The molecule has 6 heteroatoms. The number of phenolic OH excluding ortho intramolecular Hbond substituents is 1. The lowest BCUT2D eigenvalue weighted by Gasteiger charge is -2.34. The minimum atomic E-state index is -0.261. The Morgan fingerprint density at radius 3 is 2.32 bits per heavy atom. The van der Waals surface area contributed by atoms with Crippen molar-refractivity contribution in [3.8, 4) is 5.75 Å². The number of likely N-dealkylation sites (tertiary alicyclic amines) is 1. The minimum Gasteiger partial charge on any atom is -0.506 e. The van der Waals surface area contributed by atoms with Crippen molar-refractivity contribution < 1.29 is 14.7 Å². The quantitative estimate of drug-likeness (QED) is 0.694. The van der Waals surface area contributed by atoms with Gasteiger partial charge in [0.1, 0.15) is 5.75 Å². The van der Waals surface area contributed by atoms with Gasteiger partial charge in [0.05, 0.1) is 11.7 Å². The molecule has 1 aliphatic heterocycles. The van der Waals surface area contributed by atoms with E-state index in [1.54, 1.807) is 24.3 Å². The Bertz CT molecular complexity index is 827. The third kappa shape index (κ3) is 4.89. The fraction of sp³-hybridized carbons (Fsp3) is 0.364. The van der Waals surface area contributed by atoms with Gasteiger partial charge in [-0.1, -0.05) is 29.8 Å². The highest BCUT2D eigenvalue weighted by Gasteiger charge is 2.30. The highest BCUT2D eigenvalue weighted by Crippen LogP contribution is 2.25. The number of carbonyl (C=O) groups excluding carboxylic acids is 2. The third-order valence-corrected chi connectivity index (χ3v) is 5.31. The molecule has 148 valence electrons. The van der Waals surface area contributed by atoms with Crippen molar-refractivity contribution in [3.63, 3.8) is 0 Å². The second kappa shape index (κ2) is 8.89. The number of rotatable bonds is 5. The Morgan fingerprint density at radius 2 is 1.68 bits per heavy atom. The lowest BCUT2D eigenvalue weighted by Crippen LogP contribution is -2.47. The molecule has 0 saturated carbocycles. The van der Waals surface area contributed by atoms with Crippen LogP contribution in [0.15, 0.2) is 48.5 Å². The number of para-hydroxylation sites is 2. The molecule has 2 aromatic rings. The van der Waals surface area contributed by atoms with Crippen molar-refractivity contribution in [2.45, 2.75) is 32.7 Å². The van der Waals surface area contributed by atoms with Crippen LogP contribution in [-0.4, -0.2) is 41.0 Å². The summed E-state index contributed by atoms with van der Waals surface area (Å²) in [6, 6.07) is 14.2. The molecule has 0 spiro atoms. The van der Waals surface area contributed by atoms with Crippen LogP contribution in [0.1, 0.15) is 25.3 Å². The van der Waals surface area contributed by atoms with Gasteiger partial charge in [0, 0.05) is 11.6 Å². The number of amides is 2. The van der Waals surface area contributed by atoms with Crippen molar-refractivity contribution in [2.24, 2.45) is 5.92 Å². The molecule has 0 radical (unpaired) electrons. The number of carbonyl (C=O) groups is 2. The number of nitrogens with one attached hydrogen (secondary N) is 2. The molecule has 2 aromatic carbocycles. The highest BCUT2D eigenvalue weighted by atomic mass is 16.3. The molecule has 1 saturated heterocycles. The molecule has 1 heterocycles. The molecule has 28 heavy (non-hydrogen) atoms. The summed E-state index contributed by atoms with van der Waals surface area (Å²) < 4.78 is 0. The van der Waals surface area contributed by atoms with E-state index in [1.165, 1.54) is 0 Å². The van der Waals surface area contributed by atoms with Gasteiger partial charge < -0.3 is 15.7 Å². The number of benzene rings is 2. The summed E-state index contributed by atoms with van der Waals surface area (Å²) in [4.78, 5) is 27.1. The Morgan fingerprint density at radius 1 is 1.04 bits per heavy atom. The van der Waals surface area contributed by atoms with Crippen LogP contribution < -0.4 is 10.6 Å². The molecule has 1 fully saturated rings. The van der Waals surface area contributed by atoms with Crippen LogP contribution in [0, 0.1) is 12.8 Å². The van der Waals surface area contributed by atoms with Crippen molar-refractivity contribution >= 4 is 23.2 Å². The summed E-state index contributed by atoms with van der Waals surface area (Å²) in [6.45, 7) is 5.27. The first kappa shape index (κ1) is 19.9. The number of aryl methyl sites for hydroxylation is 1. The first-order valence-electron chi connectivity index (χ1n) is 9.64. The van der Waals surface area contributed by atoms with Gasteiger partial charge in [-0.25, -0.2) is 0 Å². The number of aromatic hydroxyl groups is 1. The summed E-state index contributed by atoms with van der Waals surface area (Å²) in [7, 11) is 0. The molecule has 0 aliphatic carbocycles. The average molecular weight is 381 g/mol. The summed E-state index contributed by atoms with van der Waals surface area (Å²) >= 11 is 0. The van der Waals surface area contributed by atoms with Crippen LogP contribution in [-0.2, 0) is 9.59 Å². The van der Waals surface area contributed by atoms with E-state index in [0.717, 1.165) is 11.3 Å². The molecule has 2 amide bonds. The zero-order chi connectivity index (χ0) is 20.1. The Labute approximate surface area is 165 Å². The maximum atomic E-state index is 12.5. The van der Waals surface area contributed by atoms with Crippen molar-refractivity contribution in [3.05, 3.63) is 54.1 Å². The van der Waals surface area contributed by atoms with Gasteiger partial charge in [-0.15, -0.1) is 0 Å². The van der Waals surface area contributed by atoms with Gasteiger partial charge in [0.25, 0.3) is 0 Å². The second-order valence-corrected chi connectivity index (χ2v) is 7.35. The van der Waals surface area contributed by atoms with Gasteiger partial charge in [-0.05, 0) is 64.0 Å². The molecule has 3 rings (SSSR count). The number of piperidine rings is 1. The summed E-state index contributed by atoms with van der Waals surface area (Å²) in [5.74, 6) is -0.184. The van der Waals surface area contributed by atoms with Crippen LogP contribution >= 0.6 is 0 Å². The van der Waals surface area contributed by atoms with E-state index in [9.17, 15) is 14.7 Å². The number of anilines is 2. The van der Waals surface area contributed by atoms with Crippen molar-refractivity contribution in [2.75, 3.05) is 23.7 Å². The van der Waals surface area contributed by atoms with E-state index in [-0.39, 0.29) is 29.5 Å². The normalized spacial score (nSPS) is 16.4. The maximum absolute atomic E-state index is 12.5. The Hall–Kier alpha value is -2.86. The largest absolute Gasteiger partial charge is 0.506 e. The first-order chi connectivity index (χ1) is 13.4. The van der Waals surface area contributed by atoms with E-state index < -0.39 is 0 Å². The van der Waals surface area contributed by atoms with E-state index in [0.29, 0.717) is 31.6 Å². The highest BCUT2D eigenvalue weighted by molar-refractivity contribution is 5.95. The fourth-order valence-electron chi connectivity index (χ4n) is 3.41. The van der Waals surface area contributed by atoms with Crippen LogP contribution in [0.25, 0.3) is 0 Å². The predicted octanol–water partition coefficient (Wildman–Crippen LogP) is 3.38. The summed E-state index contributed by atoms with van der Waals surface area (Å²) in [5.41, 5.74) is 2.37. The smallest absolute Gasteiger partial charge is 0.241 e. The van der Waals surface area contributed by atoms with Crippen LogP contribution in [0.3, 0.4) is 0 Å². The standard InChI is InChI=1S/C22H27N3O3/c1-15-7-9-18(10-8-15)23-21(27)16(2)25-13-11-17(12-14-25)22(28)24-19-5-3-4-6-20(19)26/h3-10,16-17,26H,11-14H2,1-2H3,(H,23,27)(H,24,28)/t16-/m0/s1. The lowest BCUT2D eigenvalue weighted by molar-refractivity contribution is -0.123. The van der Waals surface area contributed by atoms with Gasteiger partial charge in [-0.2, -0.15) is 0 Å². The van der Waals surface area contributed by atoms with Gasteiger partial charge in [-0.3, -0.25) is 14.5 Å². The number of phenols is 1. The van der Waals surface area contributed by atoms with Crippen LogP contribution in [0.2, 0.25) is 0 Å². The summed E-state index contributed by atoms with van der Waals surface area (Å²) in [5, 5.41) is 15.6. The van der Waals surface area contributed by atoms with Crippen LogP contribution in [0.5, 0.6) is 5.75 Å². The van der Waals surface area contributed by atoms with Crippen molar-refractivity contribution in [1.82, 2.24) is 4.90 Å². The number of hydrogen-bond donors (Lipinski definition) is 3. The Balaban J connectivity index is 1.50. The minimum absolute atomic E-state index is 0.0408. The van der Waals surface area contributed by atoms with Gasteiger partial charge in [0.2, 0.25) is 11.8 Å². The number of hydrogen-bond acceptors (Lipinski definition) is 4. The SMILES string of the molecule is Cc1ccc(NC(=O)[C@H](C)N2CCC(C(=O)Nc3ccccc3O)CC2)cc1. The third-order valence-electron chi connectivity index (χ3n) is 5.31. The van der Waals surface area contributed by atoms with Gasteiger partial charge >= 0.3 is 0 Å². The number of nitrogens with zero attached hydrogens (tertiary/aromatic N) is 1. The molecule has 3 N–H and O–H groups in total. The molecule has 1 atom stereocenters. The lowest BCUT2D eigenvalue weighted by atomic mass is 9.94. The van der Waals surface area contributed by atoms with Gasteiger partial charge in [0.15, 0.2) is 0 Å². The van der Waals surface area contributed by atoms with E-state index in [2.05, 4.69) is 15.5 Å². The maximum Gasteiger partial charge on any atom is 0.241 e. The molecule has 0 bridgehead atoms. The zero-order valence-corrected chi connectivity index (χ0v) is 16.3. The van der Waals surface area contributed by atoms with Crippen molar-refractivity contribution in [1.29, 1.82) is 0 Å². The Kier molecular flexibility index (Phi) is 6.31. The molecule has 0 aromatic heterocycles. The van der Waals surface area contributed by atoms with Crippen LogP contribution in [0.4, 0.5) is 11.4 Å². The monoisotopic (exact) mass is 381 g/mol. The van der Waals surface area contributed by atoms with E-state index in [1.807, 2.05) is 38.1 Å². The average Bonchev–Trinajstić information content (AvgIpc) is 2.71.